The van der Waals surface area contributed by atoms with E-state index in [4.69, 9.17) is 15.7 Å². The molecule has 0 atom stereocenters. The average Bonchev–Trinajstić information content (AvgIpc) is 2.52. The quantitative estimate of drug-likeness (QED) is 0.507. The number of carbonyl (C=O) groups excluding carboxylic acids is 2. The number of benzene rings is 2. The van der Waals surface area contributed by atoms with Crippen LogP contribution in [0.4, 0.5) is 0 Å². The predicted molar refractivity (Wildman–Crippen MR) is 83.4 cm³/mol. The molecule has 3 N–H and O–H groups in total. The maximum atomic E-state index is 12.0. The maximum Gasteiger partial charge on any atom is 0.342 e. The van der Waals surface area contributed by atoms with Crippen LogP contribution in [-0.2, 0) is 9.53 Å². The molecule has 116 valence electrons. The summed E-state index contributed by atoms with van der Waals surface area (Å²) in [6.07, 6.45) is 0. The number of Topliss-reactive ketones (excluding diaryl/α,β-unsaturated/α-hetero) is 1. The van der Waals surface area contributed by atoms with E-state index in [1.165, 1.54) is 19.1 Å². The highest BCUT2D eigenvalue weighted by atomic mass is 16.5. The molecule has 0 amide bonds. The van der Waals surface area contributed by atoms with Gasteiger partial charge >= 0.3 is 5.97 Å². The van der Waals surface area contributed by atoms with Gasteiger partial charge in [0.1, 0.15) is 23.0 Å². The van der Waals surface area contributed by atoms with Crippen LogP contribution in [0.1, 0.15) is 17.3 Å². The topological polar surface area (TPSA) is 113 Å². The standard InChI is InChI=1S/C17H14N2O4/c1-10(19)14(8-18)16(21)9-23-17(22)13-6-11-4-2-3-5-12(11)7-15(13)20/h2-7,20H,9,19H2,1H3/b14-10+. The van der Waals surface area contributed by atoms with Crippen LogP contribution in [0.2, 0.25) is 0 Å². The zero-order valence-electron chi connectivity index (χ0n) is 12.4. The number of nitrogens with two attached hydrogens (primary N) is 1. The molecule has 0 aliphatic carbocycles. The zero-order valence-corrected chi connectivity index (χ0v) is 12.4. The van der Waals surface area contributed by atoms with Crippen molar-refractivity contribution in [2.75, 3.05) is 6.61 Å². The van der Waals surface area contributed by atoms with Crippen molar-refractivity contribution in [3.05, 3.63) is 53.2 Å². The van der Waals surface area contributed by atoms with Gasteiger partial charge < -0.3 is 15.6 Å². The van der Waals surface area contributed by atoms with E-state index in [-0.39, 0.29) is 22.6 Å². The molecule has 0 saturated carbocycles. The minimum atomic E-state index is -0.853. The van der Waals surface area contributed by atoms with Crippen LogP contribution in [-0.4, -0.2) is 23.5 Å². The van der Waals surface area contributed by atoms with Crippen LogP contribution >= 0.6 is 0 Å². The molecule has 0 bridgehead atoms. The molecular formula is C17H14N2O4. The summed E-state index contributed by atoms with van der Waals surface area (Å²) in [4.78, 5) is 23.8. The Hall–Kier alpha value is -3.33. The van der Waals surface area contributed by atoms with E-state index in [0.29, 0.717) is 0 Å². The Labute approximate surface area is 132 Å². The number of hydrogen-bond acceptors (Lipinski definition) is 6. The van der Waals surface area contributed by atoms with Gasteiger partial charge in [-0.05, 0) is 29.8 Å². The number of hydrogen-bond donors (Lipinski definition) is 2. The fourth-order valence-electron chi connectivity index (χ4n) is 2.04. The second-order valence-electron chi connectivity index (χ2n) is 4.89. The van der Waals surface area contributed by atoms with E-state index in [9.17, 15) is 14.7 Å². The molecule has 0 aliphatic heterocycles. The summed E-state index contributed by atoms with van der Waals surface area (Å²) in [6, 6.07) is 11.8. The molecule has 0 saturated heterocycles. The Bertz CT molecular complexity index is 859. The molecule has 6 nitrogen and oxygen atoms in total. The molecule has 0 fully saturated rings. The normalized spacial score (nSPS) is 11.5. The SMILES string of the molecule is C/C(N)=C(/C#N)C(=O)COC(=O)c1cc2ccccc2cc1O. The maximum absolute atomic E-state index is 12.0. The first-order valence-corrected chi connectivity index (χ1v) is 6.72. The first-order valence-electron chi connectivity index (χ1n) is 6.72. The van der Waals surface area contributed by atoms with E-state index in [1.807, 2.05) is 6.07 Å². The summed E-state index contributed by atoms with van der Waals surface area (Å²) < 4.78 is 4.86. The number of phenolic OH excluding ortho intramolecular Hbond substituents is 1. The second-order valence-corrected chi connectivity index (χ2v) is 4.89. The number of fused-ring (bicyclic) bond motifs is 1. The lowest BCUT2D eigenvalue weighted by molar-refractivity contribution is -0.118. The second kappa shape index (κ2) is 6.62. The number of ketones is 1. The van der Waals surface area contributed by atoms with Crippen molar-refractivity contribution in [1.29, 1.82) is 5.26 Å². The van der Waals surface area contributed by atoms with Crippen LogP contribution in [0.25, 0.3) is 10.8 Å². The van der Waals surface area contributed by atoms with Crippen LogP contribution in [0.3, 0.4) is 0 Å². The van der Waals surface area contributed by atoms with Crippen LogP contribution in [0, 0.1) is 11.3 Å². The highest BCUT2D eigenvalue weighted by molar-refractivity contribution is 6.03. The van der Waals surface area contributed by atoms with Crippen LogP contribution in [0.5, 0.6) is 5.75 Å². The van der Waals surface area contributed by atoms with E-state index in [0.717, 1.165) is 10.8 Å². The van der Waals surface area contributed by atoms with Crippen LogP contribution in [0.15, 0.2) is 47.7 Å². The summed E-state index contributed by atoms with van der Waals surface area (Å²) in [6.45, 7) is 0.788. The summed E-state index contributed by atoms with van der Waals surface area (Å²) >= 11 is 0. The van der Waals surface area contributed by atoms with Crippen molar-refractivity contribution >= 4 is 22.5 Å². The lowest BCUT2D eigenvalue weighted by atomic mass is 10.1. The average molecular weight is 310 g/mol. The highest BCUT2D eigenvalue weighted by Crippen LogP contribution is 2.25. The fraction of sp³-hybridized carbons (Fsp3) is 0.118. The van der Waals surface area contributed by atoms with Crippen molar-refractivity contribution in [1.82, 2.24) is 0 Å². The van der Waals surface area contributed by atoms with Crippen molar-refractivity contribution in [2.45, 2.75) is 6.92 Å². The lowest BCUT2D eigenvalue weighted by Gasteiger charge is -2.07. The van der Waals surface area contributed by atoms with Gasteiger partial charge in [-0.2, -0.15) is 5.26 Å². The zero-order chi connectivity index (χ0) is 17.0. The Morgan fingerprint density at radius 1 is 1.26 bits per heavy atom. The third-order valence-electron chi connectivity index (χ3n) is 3.20. The molecule has 2 aromatic rings. The van der Waals surface area contributed by atoms with Gasteiger partial charge in [0.2, 0.25) is 5.78 Å². The van der Waals surface area contributed by atoms with Gasteiger partial charge in [-0.3, -0.25) is 4.79 Å². The Kier molecular flexibility index (Phi) is 4.62. The number of ether oxygens (including phenoxy) is 1. The Morgan fingerprint density at radius 2 is 1.87 bits per heavy atom. The Morgan fingerprint density at radius 3 is 2.43 bits per heavy atom. The van der Waals surface area contributed by atoms with E-state index in [2.05, 4.69) is 0 Å². The summed E-state index contributed by atoms with van der Waals surface area (Å²) in [5.74, 6) is -1.79. The third kappa shape index (κ3) is 3.47. The van der Waals surface area contributed by atoms with Crippen molar-refractivity contribution in [3.63, 3.8) is 0 Å². The van der Waals surface area contributed by atoms with Crippen LogP contribution < -0.4 is 5.73 Å². The van der Waals surface area contributed by atoms with Gasteiger partial charge in [0.25, 0.3) is 0 Å². The number of esters is 1. The van der Waals surface area contributed by atoms with Gasteiger partial charge in [-0.25, -0.2) is 4.79 Å². The number of nitriles is 1. The van der Waals surface area contributed by atoms with Gasteiger partial charge in [-0.15, -0.1) is 0 Å². The molecule has 6 heteroatoms. The minimum absolute atomic E-state index is 0.0524. The molecule has 0 spiro atoms. The first-order chi connectivity index (χ1) is 10.9. The van der Waals surface area contributed by atoms with Crippen molar-refractivity contribution in [3.8, 4) is 11.8 Å². The number of phenols is 1. The van der Waals surface area contributed by atoms with Crippen molar-refractivity contribution < 1.29 is 19.4 Å². The van der Waals surface area contributed by atoms with Gasteiger partial charge in [0.15, 0.2) is 6.61 Å². The number of rotatable bonds is 4. The predicted octanol–water partition coefficient (Wildman–Crippen LogP) is 2.03. The highest BCUT2D eigenvalue weighted by Gasteiger charge is 2.18. The number of carbonyl (C=O) groups is 2. The van der Waals surface area contributed by atoms with Gasteiger partial charge in [0.05, 0.1) is 0 Å². The molecule has 0 aliphatic rings. The molecule has 0 aromatic heterocycles. The molecule has 2 rings (SSSR count). The van der Waals surface area contributed by atoms with E-state index in [1.54, 1.807) is 24.3 Å². The number of nitrogens with zero attached hydrogens (tertiary/aromatic N) is 1. The molecule has 2 aromatic carbocycles. The number of aromatic hydroxyl groups is 1. The number of allylic oxidation sites excluding steroid dienone is 1. The first kappa shape index (κ1) is 16.0. The Balaban J connectivity index is 2.19. The fourth-order valence-corrected chi connectivity index (χ4v) is 2.04. The molecular weight excluding hydrogens is 296 g/mol. The lowest BCUT2D eigenvalue weighted by Crippen LogP contribution is -2.17. The van der Waals surface area contributed by atoms with Crippen molar-refractivity contribution in [2.24, 2.45) is 5.73 Å². The molecule has 0 unspecified atom stereocenters. The molecule has 0 radical (unpaired) electrons. The third-order valence-corrected chi connectivity index (χ3v) is 3.20. The summed E-state index contributed by atoms with van der Waals surface area (Å²) in [7, 11) is 0. The summed E-state index contributed by atoms with van der Waals surface area (Å²) in [5.41, 5.74) is 5.16. The van der Waals surface area contributed by atoms with E-state index < -0.39 is 18.4 Å². The smallest absolute Gasteiger partial charge is 0.342 e. The largest absolute Gasteiger partial charge is 0.507 e. The monoisotopic (exact) mass is 310 g/mol. The van der Waals surface area contributed by atoms with E-state index >= 15 is 0 Å². The minimum Gasteiger partial charge on any atom is -0.507 e. The molecule has 23 heavy (non-hydrogen) atoms. The van der Waals surface area contributed by atoms with Gasteiger partial charge in [0, 0.05) is 5.70 Å². The van der Waals surface area contributed by atoms with Gasteiger partial charge in [-0.1, -0.05) is 24.3 Å². The summed E-state index contributed by atoms with van der Waals surface area (Å²) in [5, 5.41) is 20.3. The molecule has 0 heterocycles.